The molecule has 0 unspecified atom stereocenters. The highest BCUT2D eigenvalue weighted by Gasteiger charge is 2.09. The standard InChI is InChI=1S/C11H13NO2.C6H13N.C5H12N2O2/c1-2-3-11(14)12-10-6-4-9(8-13)5-7-10;7-6-4-2-1-3-5-6;6-3-1-2-4(7)5(8)9/h4-8H,2-3H2,1H3,(H,12,14);6H,1-5,7H2;4H,1-3,6-7H2,(H,8,9)/t;;4-/m..0/s1. The number of aliphatic carboxylic acids is 1. The Bertz CT molecular complexity index is 602. The smallest absolute Gasteiger partial charge is 0.320 e. The van der Waals surface area contributed by atoms with Gasteiger partial charge in [-0.2, -0.15) is 0 Å². The molecule has 170 valence electrons. The molecular formula is C22H38N4O4. The minimum absolute atomic E-state index is 0.00588. The Balaban J connectivity index is 0.000000452. The Morgan fingerprint density at radius 2 is 1.80 bits per heavy atom. The van der Waals surface area contributed by atoms with Crippen molar-refractivity contribution in [3.63, 3.8) is 0 Å². The molecule has 1 atom stereocenters. The van der Waals surface area contributed by atoms with Crippen molar-refractivity contribution in [3.8, 4) is 0 Å². The van der Waals surface area contributed by atoms with Gasteiger partial charge in [0, 0.05) is 23.7 Å². The molecule has 1 aliphatic carbocycles. The van der Waals surface area contributed by atoms with Crippen molar-refractivity contribution in [1.29, 1.82) is 0 Å². The van der Waals surface area contributed by atoms with Gasteiger partial charge in [-0.1, -0.05) is 26.2 Å². The first-order chi connectivity index (χ1) is 14.3. The van der Waals surface area contributed by atoms with Crippen molar-refractivity contribution in [2.45, 2.75) is 76.8 Å². The first-order valence-electron chi connectivity index (χ1n) is 10.6. The van der Waals surface area contributed by atoms with Gasteiger partial charge >= 0.3 is 5.97 Å². The summed E-state index contributed by atoms with van der Waals surface area (Å²) in [6, 6.07) is 6.58. The van der Waals surface area contributed by atoms with E-state index in [9.17, 15) is 14.4 Å². The van der Waals surface area contributed by atoms with E-state index in [4.69, 9.17) is 22.3 Å². The molecule has 30 heavy (non-hydrogen) atoms. The summed E-state index contributed by atoms with van der Waals surface area (Å²) in [5.41, 5.74) is 17.3. The maximum Gasteiger partial charge on any atom is 0.320 e. The van der Waals surface area contributed by atoms with E-state index in [-0.39, 0.29) is 5.91 Å². The topological polar surface area (TPSA) is 162 Å². The molecule has 0 spiro atoms. The monoisotopic (exact) mass is 422 g/mol. The summed E-state index contributed by atoms with van der Waals surface area (Å²) in [5.74, 6) is -0.949. The predicted molar refractivity (Wildman–Crippen MR) is 120 cm³/mol. The number of aldehydes is 1. The summed E-state index contributed by atoms with van der Waals surface area (Å²) < 4.78 is 0. The molecule has 0 aliphatic heterocycles. The third kappa shape index (κ3) is 14.7. The normalized spacial score (nSPS) is 14.3. The number of hydrogen-bond acceptors (Lipinski definition) is 6. The molecule has 0 heterocycles. The van der Waals surface area contributed by atoms with Crippen LogP contribution in [-0.4, -0.2) is 41.9 Å². The van der Waals surface area contributed by atoms with Crippen molar-refractivity contribution >= 4 is 23.9 Å². The molecule has 1 saturated carbocycles. The molecule has 8 heteroatoms. The molecule has 0 bridgehead atoms. The average molecular weight is 423 g/mol. The van der Waals surface area contributed by atoms with E-state index in [2.05, 4.69) is 5.32 Å². The van der Waals surface area contributed by atoms with Gasteiger partial charge in [0.15, 0.2) is 0 Å². The Kier molecular flexibility index (Phi) is 16.2. The predicted octanol–water partition coefficient (Wildman–Crippen LogP) is 2.65. The molecule has 1 amide bonds. The molecule has 2 rings (SSSR count). The number of carboxylic acid groups (broad SMARTS) is 1. The van der Waals surface area contributed by atoms with Gasteiger partial charge in [-0.3, -0.25) is 14.4 Å². The molecule has 8 N–H and O–H groups in total. The lowest BCUT2D eigenvalue weighted by Gasteiger charge is -2.15. The van der Waals surface area contributed by atoms with Crippen LogP contribution in [0.15, 0.2) is 24.3 Å². The zero-order chi connectivity index (χ0) is 22.8. The number of rotatable bonds is 8. The highest BCUT2D eigenvalue weighted by Crippen LogP contribution is 2.14. The van der Waals surface area contributed by atoms with E-state index in [0.29, 0.717) is 37.4 Å². The second-order valence-corrected chi connectivity index (χ2v) is 7.31. The van der Waals surface area contributed by atoms with Gasteiger partial charge in [-0.05, 0) is 62.9 Å². The number of carbonyl (C=O) groups is 3. The number of amides is 1. The van der Waals surface area contributed by atoms with Crippen LogP contribution in [0.25, 0.3) is 0 Å². The minimum Gasteiger partial charge on any atom is -0.480 e. The number of anilines is 1. The number of carboxylic acids is 1. The van der Waals surface area contributed by atoms with Crippen molar-refractivity contribution in [1.82, 2.24) is 0 Å². The van der Waals surface area contributed by atoms with Crippen molar-refractivity contribution in [2.24, 2.45) is 17.2 Å². The van der Waals surface area contributed by atoms with Crippen LogP contribution in [0.2, 0.25) is 0 Å². The van der Waals surface area contributed by atoms with Gasteiger partial charge in [0.2, 0.25) is 5.91 Å². The fourth-order valence-corrected chi connectivity index (χ4v) is 2.69. The maximum absolute atomic E-state index is 11.2. The zero-order valence-corrected chi connectivity index (χ0v) is 18.0. The summed E-state index contributed by atoms with van der Waals surface area (Å²) in [7, 11) is 0. The summed E-state index contributed by atoms with van der Waals surface area (Å²) in [4.78, 5) is 31.6. The van der Waals surface area contributed by atoms with E-state index in [1.54, 1.807) is 24.3 Å². The van der Waals surface area contributed by atoms with Gasteiger partial charge in [0.05, 0.1) is 0 Å². The molecule has 0 radical (unpaired) electrons. The van der Waals surface area contributed by atoms with Crippen LogP contribution < -0.4 is 22.5 Å². The lowest BCUT2D eigenvalue weighted by atomic mass is 9.97. The van der Waals surface area contributed by atoms with Gasteiger partial charge in [-0.25, -0.2) is 0 Å². The van der Waals surface area contributed by atoms with Crippen LogP contribution >= 0.6 is 0 Å². The van der Waals surface area contributed by atoms with Crippen LogP contribution in [-0.2, 0) is 9.59 Å². The van der Waals surface area contributed by atoms with Crippen molar-refractivity contribution in [2.75, 3.05) is 11.9 Å². The fraction of sp³-hybridized carbons (Fsp3) is 0.591. The molecule has 1 aromatic carbocycles. The Hall–Kier alpha value is -2.29. The van der Waals surface area contributed by atoms with Gasteiger partial charge in [-0.15, -0.1) is 0 Å². The number of nitrogens with one attached hydrogen (secondary N) is 1. The highest BCUT2D eigenvalue weighted by atomic mass is 16.4. The van der Waals surface area contributed by atoms with Gasteiger partial charge in [0.25, 0.3) is 0 Å². The van der Waals surface area contributed by atoms with E-state index in [1.165, 1.54) is 32.1 Å². The van der Waals surface area contributed by atoms with Crippen LogP contribution in [0.5, 0.6) is 0 Å². The van der Waals surface area contributed by atoms with E-state index >= 15 is 0 Å². The number of carbonyl (C=O) groups excluding carboxylic acids is 2. The molecule has 1 fully saturated rings. The quantitative estimate of drug-likeness (QED) is 0.402. The lowest BCUT2D eigenvalue weighted by molar-refractivity contribution is -0.138. The van der Waals surface area contributed by atoms with Crippen molar-refractivity contribution in [3.05, 3.63) is 29.8 Å². The second-order valence-electron chi connectivity index (χ2n) is 7.31. The van der Waals surface area contributed by atoms with Crippen LogP contribution in [0.3, 0.4) is 0 Å². The Labute approximate surface area is 179 Å². The zero-order valence-electron chi connectivity index (χ0n) is 18.0. The van der Waals surface area contributed by atoms with Crippen LogP contribution in [0.1, 0.15) is 75.1 Å². The van der Waals surface area contributed by atoms with Gasteiger partial charge < -0.3 is 27.6 Å². The number of hydrogen-bond donors (Lipinski definition) is 5. The number of benzene rings is 1. The molecule has 1 aromatic rings. The SMILES string of the molecule is CCCC(=O)Nc1ccc(C=O)cc1.NC1CCCCC1.NCCC[C@H](N)C(=O)O. The fourth-order valence-electron chi connectivity index (χ4n) is 2.69. The third-order valence-corrected chi connectivity index (χ3v) is 4.49. The molecule has 0 saturated heterocycles. The minimum atomic E-state index is -0.955. The summed E-state index contributed by atoms with van der Waals surface area (Å²) in [5, 5.41) is 11.0. The Morgan fingerprint density at radius 1 is 1.20 bits per heavy atom. The average Bonchev–Trinajstić information content (AvgIpc) is 2.74. The van der Waals surface area contributed by atoms with E-state index in [1.807, 2.05) is 6.92 Å². The Morgan fingerprint density at radius 3 is 2.20 bits per heavy atom. The largest absolute Gasteiger partial charge is 0.480 e. The van der Waals surface area contributed by atoms with Crippen molar-refractivity contribution < 1.29 is 19.5 Å². The molecule has 8 nitrogen and oxygen atoms in total. The van der Waals surface area contributed by atoms with Gasteiger partial charge in [0.1, 0.15) is 12.3 Å². The first-order valence-corrected chi connectivity index (χ1v) is 10.6. The molecular weight excluding hydrogens is 384 g/mol. The van der Waals surface area contributed by atoms with Crippen LogP contribution in [0, 0.1) is 0 Å². The number of nitrogens with two attached hydrogens (primary N) is 3. The summed E-state index contributed by atoms with van der Waals surface area (Å²) in [6.45, 7) is 2.45. The third-order valence-electron chi connectivity index (χ3n) is 4.49. The molecule has 0 aromatic heterocycles. The lowest BCUT2D eigenvalue weighted by Crippen LogP contribution is -2.30. The molecule has 1 aliphatic rings. The summed E-state index contributed by atoms with van der Waals surface area (Å²) >= 11 is 0. The highest BCUT2D eigenvalue weighted by molar-refractivity contribution is 5.91. The first kappa shape index (κ1) is 27.7. The van der Waals surface area contributed by atoms with Crippen LogP contribution in [0.4, 0.5) is 5.69 Å². The van der Waals surface area contributed by atoms with E-state index < -0.39 is 12.0 Å². The maximum atomic E-state index is 11.2. The van der Waals surface area contributed by atoms with E-state index in [0.717, 1.165) is 18.4 Å². The second kappa shape index (κ2) is 17.6. The summed E-state index contributed by atoms with van der Waals surface area (Å²) in [6.07, 6.45) is 9.93.